The molecule has 0 saturated carbocycles. The molecule has 0 bridgehead atoms. The number of halogens is 1. The zero-order chi connectivity index (χ0) is 26.1. The Morgan fingerprint density at radius 2 is 1.84 bits per heavy atom. The standard InChI is InChI=1S/C30H26FN3O4/c31-28-2-1-13-34(28)30(35)20-5-3-19(4-6-20)27-17-25-29(38-27)24(9-12-33-25)21-7-8-26(22(16-21)18-32)37-23-10-14-36-15-11-23/h3-9,12,16-17,23,28H,1-2,10-11,13-15H2/t28-/m0/s1. The molecule has 2 aliphatic heterocycles. The zero-order valence-corrected chi connectivity index (χ0v) is 20.7. The van der Waals surface area contributed by atoms with Crippen LogP contribution in [0.1, 0.15) is 41.6 Å². The molecule has 0 unspecified atom stereocenters. The van der Waals surface area contributed by atoms with E-state index in [1.165, 1.54) is 4.90 Å². The summed E-state index contributed by atoms with van der Waals surface area (Å²) in [5, 5.41) is 9.79. The van der Waals surface area contributed by atoms with Gasteiger partial charge in [0.25, 0.3) is 5.91 Å². The van der Waals surface area contributed by atoms with Gasteiger partial charge in [0.15, 0.2) is 11.9 Å². The maximum atomic E-state index is 14.0. The number of furan rings is 1. The molecule has 1 amide bonds. The summed E-state index contributed by atoms with van der Waals surface area (Å²) in [5.74, 6) is 0.868. The minimum Gasteiger partial charge on any atom is -0.489 e. The van der Waals surface area contributed by atoms with Crippen molar-refractivity contribution in [3.8, 4) is 34.3 Å². The summed E-state index contributed by atoms with van der Waals surface area (Å²) in [7, 11) is 0. The second kappa shape index (κ2) is 10.3. The van der Waals surface area contributed by atoms with Crippen molar-refractivity contribution in [2.24, 2.45) is 0 Å². The van der Waals surface area contributed by atoms with Crippen molar-refractivity contribution in [1.82, 2.24) is 9.88 Å². The predicted octanol–water partition coefficient (Wildman–Crippen LogP) is 6.12. The number of likely N-dealkylation sites (tertiary alicyclic amines) is 1. The molecule has 2 aromatic heterocycles. The van der Waals surface area contributed by atoms with Gasteiger partial charge in [-0.15, -0.1) is 0 Å². The van der Waals surface area contributed by atoms with Crippen LogP contribution in [0.2, 0.25) is 0 Å². The molecule has 192 valence electrons. The van der Waals surface area contributed by atoms with Gasteiger partial charge in [0.1, 0.15) is 29.2 Å². The summed E-state index contributed by atoms with van der Waals surface area (Å²) in [4.78, 5) is 18.4. The quantitative estimate of drug-likeness (QED) is 0.300. The number of fused-ring (bicyclic) bond motifs is 1. The average molecular weight is 512 g/mol. The first kappa shape index (κ1) is 24.1. The van der Waals surface area contributed by atoms with Crippen molar-refractivity contribution in [2.75, 3.05) is 19.8 Å². The Labute approximate surface area is 219 Å². The van der Waals surface area contributed by atoms with E-state index < -0.39 is 6.30 Å². The van der Waals surface area contributed by atoms with Gasteiger partial charge in [0.2, 0.25) is 0 Å². The fraction of sp³-hybridized carbons (Fsp3) is 0.300. The van der Waals surface area contributed by atoms with Gasteiger partial charge in [-0.1, -0.05) is 18.2 Å². The molecule has 0 radical (unpaired) electrons. The molecule has 6 rings (SSSR count). The SMILES string of the molecule is N#Cc1cc(-c2ccnc3cc(-c4ccc(C(=O)N5CCC[C@H]5F)cc4)oc23)ccc1OC1CCOCC1. The lowest BCUT2D eigenvalue weighted by Crippen LogP contribution is -2.32. The maximum absolute atomic E-state index is 14.0. The van der Waals surface area contributed by atoms with E-state index in [4.69, 9.17) is 13.9 Å². The van der Waals surface area contributed by atoms with Gasteiger partial charge < -0.3 is 18.8 Å². The highest BCUT2D eigenvalue weighted by atomic mass is 19.1. The molecule has 0 N–H and O–H groups in total. The monoisotopic (exact) mass is 511 g/mol. The Morgan fingerprint density at radius 1 is 1.05 bits per heavy atom. The van der Waals surface area contributed by atoms with Gasteiger partial charge in [0, 0.05) is 48.3 Å². The minimum absolute atomic E-state index is 0.0393. The molecule has 0 aliphatic carbocycles. The van der Waals surface area contributed by atoms with Crippen molar-refractivity contribution in [1.29, 1.82) is 5.26 Å². The highest BCUT2D eigenvalue weighted by Crippen LogP contribution is 2.36. The second-order valence-corrected chi connectivity index (χ2v) is 9.59. The number of hydrogen-bond acceptors (Lipinski definition) is 6. The number of benzene rings is 2. The molecule has 2 aromatic carbocycles. The highest BCUT2D eigenvalue weighted by Gasteiger charge is 2.29. The molecule has 1 atom stereocenters. The Bertz CT molecular complexity index is 1520. The number of aromatic nitrogens is 1. The smallest absolute Gasteiger partial charge is 0.256 e. The minimum atomic E-state index is -1.22. The Balaban J connectivity index is 1.28. The van der Waals surface area contributed by atoms with Crippen molar-refractivity contribution in [3.05, 3.63) is 71.9 Å². The predicted molar refractivity (Wildman–Crippen MR) is 139 cm³/mol. The fourth-order valence-electron chi connectivity index (χ4n) is 5.07. The number of amides is 1. The van der Waals surface area contributed by atoms with Crippen LogP contribution in [0.4, 0.5) is 4.39 Å². The van der Waals surface area contributed by atoms with Gasteiger partial charge in [0.05, 0.1) is 18.8 Å². The van der Waals surface area contributed by atoms with E-state index in [1.54, 1.807) is 30.5 Å². The van der Waals surface area contributed by atoms with Crippen LogP contribution in [0.5, 0.6) is 5.75 Å². The topological polar surface area (TPSA) is 88.6 Å². The summed E-state index contributed by atoms with van der Waals surface area (Å²) < 4.78 is 31.7. The fourth-order valence-corrected chi connectivity index (χ4v) is 5.07. The Kier molecular flexibility index (Phi) is 6.52. The van der Waals surface area contributed by atoms with Crippen LogP contribution in [0, 0.1) is 11.3 Å². The lowest BCUT2D eigenvalue weighted by molar-refractivity contribution is 0.0254. The number of hydrogen-bond donors (Lipinski definition) is 0. The normalized spacial score (nSPS) is 18.0. The zero-order valence-electron chi connectivity index (χ0n) is 20.7. The molecular formula is C30H26FN3O4. The number of nitrogens with zero attached hydrogens (tertiary/aromatic N) is 3. The first-order valence-electron chi connectivity index (χ1n) is 12.8. The summed E-state index contributed by atoms with van der Waals surface area (Å²) in [6, 6.07) is 18.5. The van der Waals surface area contributed by atoms with E-state index in [0.29, 0.717) is 66.3 Å². The van der Waals surface area contributed by atoms with Crippen LogP contribution in [-0.2, 0) is 4.74 Å². The number of ether oxygens (including phenoxy) is 2. The maximum Gasteiger partial charge on any atom is 0.256 e. The first-order chi connectivity index (χ1) is 18.6. The highest BCUT2D eigenvalue weighted by molar-refractivity contribution is 5.96. The lowest BCUT2D eigenvalue weighted by Gasteiger charge is -2.23. The third-order valence-corrected chi connectivity index (χ3v) is 7.14. The van der Waals surface area contributed by atoms with Crippen molar-refractivity contribution in [2.45, 2.75) is 38.1 Å². The second-order valence-electron chi connectivity index (χ2n) is 9.59. The van der Waals surface area contributed by atoms with E-state index in [0.717, 1.165) is 29.5 Å². The lowest BCUT2D eigenvalue weighted by atomic mass is 10.0. The van der Waals surface area contributed by atoms with Crippen molar-refractivity contribution >= 4 is 17.0 Å². The molecule has 38 heavy (non-hydrogen) atoms. The number of rotatable bonds is 5. The third kappa shape index (κ3) is 4.61. The molecule has 2 aliphatic rings. The number of carbonyl (C=O) groups is 1. The summed E-state index contributed by atoms with van der Waals surface area (Å²) in [5.41, 5.74) is 4.59. The summed E-state index contributed by atoms with van der Waals surface area (Å²) in [6.45, 7) is 1.77. The molecule has 2 saturated heterocycles. The van der Waals surface area contributed by atoms with Crippen molar-refractivity contribution < 1.29 is 23.1 Å². The number of pyridine rings is 1. The van der Waals surface area contributed by atoms with Crippen LogP contribution in [0.3, 0.4) is 0 Å². The first-order valence-corrected chi connectivity index (χ1v) is 12.8. The number of alkyl halides is 1. The average Bonchev–Trinajstić information content (AvgIpc) is 3.60. The van der Waals surface area contributed by atoms with Crippen molar-refractivity contribution in [3.63, 3.8) is 0 Å². The largest absolute Gasteiger partial charge is 0.489 e. The Hall–Kier alpha value is -4.22. The van der Waals surface area contributed by atoms with Gasteiger partial charge in [-0.25, -0.2) is 4.39 Å². The summed E-state index contributed by atoms with van der Waals surface area (Å²) >= 11 is 0. The van der Waals surface area contributed by atoms with E-state index in [1.807, 2.05) is 30.3 Å². The molecule has 4 heterocycles. The molecule has 4 aromatic rings. The van der Waals surface area contributed by atoms with Crippen LogP contribution in [-0.4, -0.2) is 47.9 Å². The summed E-state index contributed by atoms with van der Waals surface area (Å²) in [6.07, 6.45) is 3.21. The number of carbonyl (C=O) groups excluding carboxylic acids is 1. The van der Waals surface area contributed by atoms with Crippen LogP contribution >= 0.6 is 0 Å². The van der Waals surface area contributed by atoms with E-state index in [9.17, 15) is 14.4 Å². The molecule has 2 fully saturated rings. The molecule has 8 heteroatoms. The van der Waals surface area contributed by atoms with Gasteiger partial charge in [-0.05, 0) is 48.7 Å². The van der Waals surface area contributed by atoms with Crippen LogP contribution in [0.25, 0.3) is 33.6 Å². The van der Waals surface area contributed by atoms with Gasteiger partial charge in [-0.2, -0.15) is 5.26 Å². The third-order valence-electron chi connectivity index (χ3n) is 7.14. The van der Waals surface area contributed by atoms with Crippen LogP contribution < -0.4 is 4.74 Å². The molecule has 0 spiro atoms. The van der Waals surface area contributed by atoms with Gasteiger partial charge >= 0.3 is 0 Å². The molecular weight excluding hydrogens is 485 g/mol. The number of nitriles is 1. The Morgan fingerprint density at radius 3 is 2.58 bits per heavy atom. The molecule has 7 nitrogen and oxygen atoms in total. The van der Waals surface area contributed by atoms with Gasteiger partial charge in [-0.3, -0.25) is 9.78 Å². The van der Waals surface area contributed by atoms with E-state index in [2.05, 4.69) is 11.1 Å². The van der Waals surface area contributed by atoms with Crippen LogP contribution in [0.15, 0.2) is 65.2 Å². The van der Waals surface area contributed by atoms with E-state index >= 15 is 0 Å². The van der Waals surface area contributed by atoms with E-state index in [-0.39, 0.29) is 12.0 Å².